The molecule has 1 aromatic rings. The third-order valence-electron chi connectivity index (χ3n) is 2.31. The van der Waals surface area contributed by atoms with Gasteiger partial charge in [0.05, 0.1) is 11.4 Å². The van der Waals surface area contributed by atoms with Crippen LogP contribution in [0.2, 0.25) is 0 Å². The Morgan fingerprint density at radius 3 is 2.31 bits per heavy atom. The van der Waals surface area contributed by atoms with Crippen LogP contribution in [0.15, 0.2) is 24.3 Å². The number of nitrogens with two attached hydrogens (primary N) is 1. The minimum atomic E-state index is -3.13. The van der Waals surface area contributed by atoms with Crippen molar-refractivity contribution < 1.29 is 8.42 Å². The van der Waals surface area contributed by atoms with Crippen LogP contribution in [0, 0.1) is 0 Å². The molecule has 0 heterocycles. The van der Waals surface area contributed by atoms with Gasteiger partial charge in [-0.1, -0.05) is 12.1 Å². The first-order valence-corrected chi connectivity index (χ1v) is 6.58. The lowest BCUT2D eigenvalue weighted by Gasteiger charge is -2.12. The summed E-state index contributed by atoms with van der Waals surface area (Å²) in [4.78, 5) is 0. The van der Waals surface area contributed by atoms with Gasteiger partial charge in [-0.25, -0.2) is 19.0 Å². The highest BCUT2D eigenvalue weighted by molar-refractivity contribution is 7.89. The SMILES string of the molecule is CNS(=O)(=O)CCc1ccc(N(C)N)cc1. The third kappa shape index (κ3) is 3.80. The van der Waals surface area contributed by atoms with E-state index in [9.17, 15) is 8.42 Å². The lowest BCUT2D eigenvalue weighted by molar-refractivity contribution is 0.587. The Bertz CT molecular complexity index is 426. The molecule has 0 radical (unpaired) electrons. The van der Waals surface area contributed by atoms with Crippen molar-refractivity contribution in [3.63, 3.8) is 0 Å². The zero-order valence-corrected chi connectivity index (χ0v) is 10.3. The normalized spacial score (nSPS) is 11.4. The summed E-state index contributed by atoms with van der Waals surface area (Å²) in [6.45, 7) is 0. The zero-order chi connectivity index (χ0) is 12.2. The van der Waals surface area contributed by atoms with Crippen LogP contribution in [0.4, 0.5) is 5.69 Å². The van der Waals surface area contributed by atoms with E-state index in [1.807, 2.05) is 24.3 Å². The third-order valence-corrected chi connectivity index (χ3v) is 3.68. The van der Waals surface area contributed by atoms with Crippen LogP contribution in [0.3, 0.4) is 0 Å². The molecule has 0 bridgehead atoms. The maximum atomic E-state index is 11.2. The van der Waals surface area contributed by atoms with Crippen molar-refractivity contribution in [3.8, 4) is 0 Å². The Kier molecular flexibility index (Phi) is 4.28. The molecular formula is C10H17N3O2S. The van der Waals surface area contributed by atoms with Crippen LogP contribution in [-0.2, 0) is 16.4 Å². The molecule has 0 spiro atoms. The zero-order valence-electron chi connectivity index (χ0n) is 9.47. The van der Waals surface area contributed by atoms with E-state index in [0.717, 1.165) is 11.3 Å². The Labute approximate surface area is 96.3 Å². The number of sulfonamides is 1. The fourth-order valence-corrected chi connectivity index (χ4v) is 1.96. The quantitative estimate of drug-likeness (QED) is 0.567. The first kappa shape index (κ1) is 13.0. The van der Waals surface area contributed by atoms with Crippen molar-refractivity contribution in [1.82, 2.24) is 4.72 Å². The highest BCUT2D eigenvalue weighted by Gasteiger charge is 2.06. The summed E-state index contributed by atoms with van der Waals surface area (Å²) in [5.41, 5.74) is 1.87. The van der Waals surface area contributed by atoms with Gasteiger partial charge in [-0.2, -0.15) is 0 Å². The number of hydrogen-bond acceptors (Lipinski definition) is 4. The van der Waals surface area contributed by atoms with Crippen molar-refractivity contribution in [1.29, 1.82) is 0 Å². The first-order chi connectivity index (χ1) is 7.44. The molecule has 90 valence electrons. The van der Waals surface area contributed by atoms with E-state index in [1.165, 1.54) is 12.1 Å². The largest absolute Gasteiger partial charge is 0.314 e. The van der Waals surface area contributed by atoms with Gasteiger partial charge in [-0.15, -0.1) is 0 Å². The average molecular weight is 243 g/mol. The molecule has 5 nitrogen and oxygen atoms in total. The molecule has 0 aliphatic heterocycles. The van der Waals surface area contributed by atoms with Crippen LogP contribution in [0.1, 0.15) is 5.56 Å². The molecule has 0 saturated carbocycles. The Balaban J connectivity index is 2.63. The van der Waals surface area contributed by atoms with Gasteiger partial charge in [0.25, 0.3) is 0 Å². The van der Waals surface area contributed by atoms with E-state index >= 15 is 0 Å². The van der Waals surface area contributed by atoms with Crippen LogP contribution in [-0.4, -0.2) is 28.3 Å². The van der Waals surface area contributed by atoms with Gasteiger partial charge in [-0.05, 0) is 31.2 Å². The summed E-state index contributed by atoms with van der Waals surface area (Å²) >= 11 is 0. The lowest BCUT2D eigenvalue weighted by Crippen LogP contribution is -2.25. The fraction of sp³-hybridized carbons (Fsp3) is 0.400. The molecule has 6 heteroatoms. The maximum absolute atomic E-state index is 11.2. The minimum Gasteiger partial charge on any atom is -0.314 e. The highest BCUT2D eigenvalue weighted by Crippen LogP contribution is 2.11. The van der Waals surface area contributed by atoms with Crippen LogP contribution in [0.5, 0.6) is 0 Å². The van der Waals surface area contributed by atoms with Crippen molar-refractivity contribution in [3.05, 3.63) is 29.8 Å². The summed E-state index contributed by atoms with van der Waals surface area (Å²) in [5, 5.41) is 1.51. The van der Waals surface area contributed by atoms with E-state index in [2.05, 4.69) is 4.72 Å². The van der Waals surface area contributed by atoms with Crippen molar-refractivity contribution in [2.75, 3.05) is 24.9 Å². The molecule has 0 aliphatic rings. The van der Waals surface area contributed by atoms with Gasteiger partial charge in [0.2, 0.25) is 10.0 Å². The molecule has 16 heavy (non-hydrogen) atoms. The Hall–Kier alpha value is -1.11. The molecule has 0 fully saturated rings. The summed E-state index contributed by atoms with van der Waals surface area (Å²) in [7, 11) is 0.0397. The molecular weight excluding hydrogens is 226 g/mol. The van der Waals surface area contributed by atoms with Gasteiger partial charge in [0.15, 0.2) is 0 Å². The molecule has 0 amide bonds. The number of benzene rings is 1. The van der Waals surface area contributed by atoms with Gasteiger partial charge >= 0.3 is 0 Å². The van der Waals surface area contributed by atoms with Crippen molar-refractivity contribution in [2.45, 2.75) is 6.42 Å². The standard InChI is InChI=1S/C10H17N3O2S/c1-12-16(14,15)8-7-9-3-5-10(6-4-9)13(2)11/h3-6,12H,7-8,11H2,1-2H3. The smallest absolute Gasteiger partial charge is 0.211 e. The molecule has 1 aromatic carbocycles. The Morgan fingerprint density at radius 2 is 1.88 bits per heavy atom. The van der Waals surface area contributed by atoms with Crippen molar-refractivity contribution in [2.24, 2.45) is 5.84 Å². The summed E-state index contributed by atoms with van der Waals surface area (Å²) < 4.78 is 24.7. The van der Waals surface area contributed by atoms with Crippen molar-refractivity contribution >= 4 is 15.7 Å². The second-order valence-corrected chi connectivity index (χ2v) is 5.60. The number of hydrazine groups is 1. The average Bonchev–Trinajstić information content (AvgIpc) is 2.27. The van der Waals surface area contributed by atoms with E-state index in [0.29, 0.717) is 6.42 Å². The van der Waals surface area contributed by atoms with Crippen LogP contribution < -0.4 is 15.6 Å². The lowest BCUT2D eigenvalue weighted by atomic mass is 10.1. The summed E-state index contributed by atoms with van der Waals surface area (Å²) in [5.74, 6) is 5.65. The van der Waals surface area contributed by atoms with Gasteiger partial charge < -0.3 is 5.01 Å². The van der Waals surface area contributed by atoms with Crippen LogP contribution >= 0.6 is 0 Å². The molecule has 1 rings (SSSR count). The van der Waals surface area contributed by atoms with Gasteiger partial charge in [-0.3, -0.25) is 0 Å². The minimum absolute atomic E-state index is 0.0985. The molecule has 0 saturated heterocycles. The second-order valence-electron chi connectivity index (χ2n) is 3.55. The molecule has 0 aromatic heterocycles. The second kappa shape index (κ2) is 5.29. The maximum Gasteiger partial charge on any atom is 0.211 e. The summed E-state index contributed by atoms with van der Waals surface area (Å²) in [6, 6.07) is 7.48. The van der Waals surface area contributed by atoms with Gasteiger partial charge in [0, 0.05) is 7.05 Å². The van der Waals surface area contributed by atoms with Crippen LogP contribution in [0.25, 0.3) is 0 Å². The number of nitrogens with zero attached hydrogens (tertiary/aromatic N) is 1. The highest BCUT2D eigenvalue weighted by atomic mass is 32.2. The first-order valence-electron chi connectivity index (χ1n) is 4.93. The molecule has 0 unspecified atom stereocenters. The number of rotatable bonds is 5. The van der Waals surface area contributed by atoms with E-state index in [1.54, 1.807) is 7.05 Å². The van der Waals surface area contributed by atoms with E-state index in [-0.39, 0.29) is 5.75 Å². The van der Waals surface area contributed by atoms with E-state index in [4.69, 9.17) is 5.84 Å². The van der Waals surface area contributed by atoms with E-state index < -0.39 is 10.0 Å². The molecule has 3 N–H and O–H groups in total. The fourth-order valence-electron chi connectivity index (χ4n) is 1.25. The molecule has 0 atom stereocenters. The number of hydrogen-bond donors (Lipinski definition) is 2. The Morgan fingerprint density at radius 1 is 1.31 bits per heavy atom. The predicted octanol–water partition coefficient (Wildman–Crippen LogP) is 0.0882. The number of aryl methyl sites for hydroxylation is 1. The number of nitrogens with one attached hydrogen (secondary N) is 1. The predicted molar refractivity (Wildman–Crippen MR) is 65.6 cm³/mol. The monoisotopic (exact) mass is 243 g/mol. The summed E-state index contributed by atoms with van der Waals surface area (Å²) in [6.07, 6.45) is 0.498. The molecule has 0 aliphatic carbocycles. The van der Waals surface area contributed by atoms with Gasteiger partial charge in [0.1, 0.15) is 0 Å². The topological polar surface area (TPSA) is 75.4 Å². The number of anilines is 1.